The largest absolute Gasteiger partial charge is 0.481 e. The smallest absolute Gasteiger partial charge is 0.255 e. The molecule has 1 heterocycles. The maximum Gasteiger partial charge on any atom is 0.255 e. The van der Waals surface area contributed by atoms with E-state index in [1.807, 2.05) is 0 Å². The Morgan fingerprint density at radius 3 is 2.61 bits per heavy atom. The monoisotopic (exact) mass is 311 g/mol. The molecule has 6 nitrogen and oxygen atoms in total. The van der Waals surface area contributed by atoms with E-state index in [4.69, 9.17) is 4.74 Å². The summed E-state index contributed by atoms with van der Waals surface area (Å²) in [5.41, 5.74) is 1.67. The van der Waals surface area contributed by atoms with E-state index in [2.05, 4.69) is 15.6 Å². The molecular formula is C17H17N3O3. The van der Waals surface area contributed by atoms with Crippen LogP contribution in [-0.2, 0) is 4.79 Å². The first-order valence-electron chi connectivity index (χ1n) is 7.38. The van der Waals surface area contributed by atoms with Gasteiger partial charge in [0.2, 0.25) is 11.8 Å². The Labute approximate surface area is 133 Å². The molecule has 23 heavy (non-hydrogen) atoms. The zero-order valence-electron chi connectivity index (χ0n) is 12.7. The van der Waals surface area contributed by atoms with Crippen LogP contribution < -0.4 is 15.4 Å². The third kappa shape index (κ3) is 3.85. The van der Waals surface area contributed by atoms with Gasteiger partial charge in [0, 0.05) is 23.2 Å². The molecule has 118 valence electrons. The highest BCUT2D eigenvalue weighted by Crippen LogP contribution is 2.30. The number of carbonyl (C=O) groups is 2. The number of amides is 2. The molecule has 0 unspecified atom stereocenters. The lowest BCUT2D eigenvalue weighted by atomic mass is 10.2. The molecule has 0 bridgehead atoms. The van der Waals surface area contributed by atoms with Crippen molar-refractivity contribution < 1.29 is 14.3 Å². The molecule has 0 aliphatic heterocycles. The molecule has 0 saturated heterocycles. The van der Waals surface area contributed by atoms with E-state index in [1.54, 1.807) is 36.4 Å². The second-order valence-corrected chi connectivity index (χ2v) is 5.39. The molecule has 1 fully saturated rings. The highest BCUT2D eigenvalue weighted by Gasteiger charge is 2.29. The predicted molar refractivity (Wildman–Crippen MR) is 86.5 cm³/mol. The van der Waals surface area contributed by atoms with Crippen molar-refractivity contribution in [3.05, 3.63) is 48.2 Å². The average Bonchev–Trinajstić information content (AvgIpc) is 3.41. The zero-order valence-corrected chi connectivity index (χ0v) is 12.7. The van der Waals surface area contributed by atoms with E-state index < -0.39 is 0 Å². The van der Waals surface area contributed by atoms with Gasteiger partial charge >= 0.3 is 0 Å². The maximum atomic E-state index is 12.3. The SMILES string of the molecule is COc1ccc(NC(=O)c2cccc(NC(=O)C3CC3)c2)cn1. The molecule has 2 amide bonds. The van der Waals surface area contributed by atoms with Crippen LogP contribution in [-0.4, -0.2) is 23.9 Å². The van der Waals surface area contributed by atoms with E-state index in [0.29, 0.717) is 22.8 Å². The normalized spacial score (nSPS) is 13.3. The first kappa shape index (κ1) is 15.0. The van der Waals surface area contributed by atoms with E-state index >= 15 is 0 Å². The van der Waals surface area contributed by atoms with Crippen LogP contribution >= 0.6 is 0 Å². The van der Waals surface area contributed by atoms with E-state index in [0.717, 1.165) is 12.8 Å². The molecule has 1 aromatic carbocycles. The first-order valence-corrected chi connectivity index (χ1v) is 7.38. The minimum absolute atomic E-state index is 0.0157. The summed E-state index contributed by atoms with van der Waals surface area (Å²) in [7, 11) is 1.53. The number of carbonyl (C=O) groups excluding carboxylic acids is 2. The number of nitrogens with one attached hydrogen (secondary N) is 2. The number of aromatic nitrogens is 1. The number of benzene rings is 1. The number of hydrogen-bond donors (Lipinski definition) is 2. The summed E-state index contributed by atoms with van der Waals surface area (Å²) in [6, 6.07) is 10.2. The fourth-order valence-electron chi connectivity index (χ4n) is 2.11. The standard InChI is InChI=1S/C17H17N3O3/c1-23-15-8-7-14(10-18-15)20-17(22)12-3-2-4-13(9-12)19-16(21)11-5-6-11/h2-4,7-11H,5-6H2,1H3,(H,19,21)(H,20,22). The van der Waals surface area contributed by atoms with Crippen LogP contribution in [0.15, 0.2) is 42.6 Å². The lowest BCUT2D eigenvalue weighted by molar-refractivity contribution is -0.117. The van der Waals surface area contributed by atoms with Gasteiger partial charge in [-0.05, 0) is 37.1 Å². The second kappa shape index (κ2) is 6.48. The first-order chi connectivity index (χ1) is 11.2. The zero-order chi connectivity index (χ0) is 16.2. The molecule has 1 aliphatic carbocycles. The van der Waals surface area contributed by atoms with Crippen molar-refractivity contribution in [2.45, 2.75) is 12.8 Å². The van der Waals surface area contributed by atoms with Crippen LogP contribution in [0, 0.1) is 5.92 Å². The van der Waals surface area contributed by atoms with Crippen LogP contribution in [0.3, 0.4) is 0 Å². The van der Waals surface area contributed by atoms with Gasteiger partial charge in [0.25, 0.3) is 5.91 Å². The number of methoxy groups -OCH3 is 1. The Hall–Kier alpha value is -2.89. The highest BCUT2D eigenvalue weighted by atomic mass is 16.5. The van der Waals surface area contributed by atoms with Gasteiger partial charge in [0.15, 0.2) is 0 Å². The van der Waals surface area contributed by atoms with Gasteiger partial charge in [0.1, 0.15) is 0 Å². The van der Waals surface area contributed by atoms with Gasteiger partial charge in [-0.25, -0.2) is 4.98 Å². The van der Waals surface area contributed by atoms with Gasteiger partial charge in [0.05, 0.1) is 19.0 Å². The summed E-state index contributed by atoms with van der Waals surface area (Å²) < 4.78 is 4.97. The predicted octanol–water partition coefficient (Wildman–Crippen LogP) is 2.69. The summed E-state index contributed by atoms with van der Waals surface area (Å²) >= 11 is 0. The van der Waals surface area contributed by atoms with Gasteiger partial charge < -0.3 is 15.4 Å². The molecule has 2 aromatic rings. The fraction of sp³-hybridized carbons (Fsp3) is 0.235. The second-order valence-electron chi connectivity index (χ2n) is 5.39. The minimum Gasteiger partial charge on any atom is -0.481 e. The number of rotatable bonds is 5. The minimum atomic E-state index is -0.264. The number of anilines is 2. The number of nitrogens with zero attached hydrogens (tertiary/aromatic N) is 1. The van der Waals surface area contributed by atoms with Crippen molar-refractivity contribution in [3.63, 3.8) is 0 Å². The lowest BCUT2D eigenvalue weighted by Crippen LogP contribution is -2.15. The molecule has 1 aliphatic rings. The molecular weight excluding hydrogens is 294 g/mol. The molecule has 0 atom stereocenters. The Morgan fingerprint density at radius 2 is 1.96 bits per heavy atom. The van der Waals surface area contributed by atoms with E-state index in [1.165, 1.54) is 13.3 Å². The summed E-state index contributed by atoms with van der Waals surface area (Å²) in [5, 5.41) is 5.59. The molecule has 0 spiro atoms. The quantitative estimate of drug-likeness (QED) is 0.889. The maximum absolute atomic E-state index is 12.3. The molecule has 0 radical (unpaired) electrons. The lowest BCUT2D eigenvalue weighted by Gasteiger charge is -2.08. The van der Waals surface area contributed by atoms with Crippen LogP contribution in [0.25, 0.3) is 0 Å². The van der Waals surface area contributed by atoms with Crippen molar-refractivity contribution in [2.24, 2.45) is 5.92 Å². The van der Waals surface area contributed by atoms with Gasteiger partial charge in [-0.2, -0.15) is 0 Å². The summed E-state index contributed by atoms with van der Waals surface area (Å²) in [6.07, 6.45) is 3.41. The summed E-state index contributed by atoms with van der Waals surface area (Å²) in [4.78, 5) is 28.1. The summed E-state index contributed by atoms with van der Waals surface area (Å²) in [6.45, 7) is 0. The summed E-state index contributed by atoms with van der Waals surface area (Å²) in [5.74, 6) is 0.354. The third-order valence-electron chi connectivity index (χ3n) is 3.54. The number of ether oxygens (including phenoxy) is 1. The Bertz CT molecular complexity index is 724. The van der Waals surface area contributed by atoms with Crippen LogP contribution in [0.2, 0.25) is 0 Å². The molecule has 6 heteroatoms. The van der Waals surface area contributed by atoms with Crippen molar-refractivity contribution in [1.29, 1.82) is 0 Å². The fourth-order valence-corrected chi connectivity index (χ4v) is 2.11. The van der Waals surface area contributed by atoms with Crippen LogP contribution in [0.1, 0.15) is 23.2 Å². The Morgan fingerprint density at radius 1 is 1.13 bits per heavy atom. The molecule has 3 rings (SSSR count). The van der Waals surface area contributed by atoms with E-state index in [-0.39, 0.29) is 17.7 Å². The van der Waals surface area contributed by atoms with Crippen LogP contribution in [0.4, 0.5) is 11.4 Å². The van der Waals surface area contributed by atoms with Crippen LogP contribution in [0.5, 0.6) is 5.88 Å². The van der Waals surface area contributed by atoms with Crippen molar-refractivity contribution in [1.82, 2.24) is 4.98 Å². The van der Waals surface area contributed by atoms with Gasteiger partial charge in [-0.3, -0.25) is 9.59 Å². The average molecular weight is 311 g/mol. The third-order valence-corrected chi connectivity index (χ3v) is 3.54. The highest BCUT2D eigenvalue weighted by molar-refractivity contribution is 6.05. The molecule has 1 aromatic heterocycles. The van der Waals surface area contributed by atoms with Crippen molar-refractivity contribution in [3.8, 4) is 5.88 Å². The molecule has 1 saturated carbocycles. The number of hydrogen-bond acceptors (Lipinski definition) is 4. The Balaban J connectivity index is 1.67. The van der Waals surface area contributed by atoms with Crippen molar-refractivity contribution in [2.75, 3.05) is 17.7 Å². The van der Waals surface area contributed by atoms with Gasteiger partial charge in [-0.15, -0.1) is 0 Å². The van der Waals surface area contributed by atoms with Gasteiger partial charge in [-0.1, -0.05) is 6.07 Å². The van der Waals surface area contributed by atoms with Crippen molar-refractivity contribution >= 4 is 23.2 Å². The topological polar surface area (TPSA) is 80.3 Å². The number of pyridine rings is 1. The molecule has 2 N–H and O–H groups in total. The Kier molecular flexibility index (Phi) is 4.23. The van der Waals surface area contributed by atoms with E-state index in [9.17, 15) is 9.59 Å².